The molecule has 0 saturated carbocycles. The molecular formula is C14H20N2O2. The number of anilines is 1. The molecule has 1 aromatic rings. The van der Waals surface area contributed by atoms with Crippen LogP contribution in [-0.4, -0.2) is 30.1 Å². The topological polar surface area (TPSA) is 55.6 Å². The van der Waals surface area contributed by atoms with Crippen LogP contribution in [0.1, 0.15) is 25.3 Å². The number of piperidine rings is 1. The molecule has 1 unspecified atom stereocenters. The zero-order chi connectivity index (χ0) is 13.0. The summed E-state index contributed by atoms with van der Waals surface area (Å²) < 4.78 is 5.28. The summed E-state index contributed by atoms with van der Waals surface area (Å²) in [5, 5.41) is 0. The van der Waals surface area contributed by atoms with E-state index in [9.17, 15) is 4.79 Å². The van der Waals surface area contributed by atoms with E-state index in [0.717, 1.165) is 38.2 Å². The first kappa shape index (κ1) is 12.9. The fraction of sp³-hybridized carbons (Fsp3) is 0.500. The van der Waals surface area contributed by atoms with Crippen LogP contribution >= 0.6 is 0 Å². The highest BCUT2D eigenvalue weighted by atomic mass is 16.5. The molecule has 1 atom stereocenters. The molecule has 1 aromatic carbocycles. The lowest BCUT2D eigenvalue weighted by atomic mass is 10.1. The standard InChI is InChI=1S/C14H20N2O2/c1-11(17)18-14-3-2-8-16(10-14)9-12-4-6-13(15)7-5-12/h4-7,14H,2-3,8-10,15H2,1H3. The van der Waals surface area contributed by atoms with Crippen molar-refractivity contribution in [1.82, 2.24) is 4.90 Å². The third kappa shape index (κ3) is 3.74. The Morgan fingerprint density at radius 2 is 2.17 bits per heavy atom. The number of esters is 1. The van der Waals surface area contributed by atoms with Crippen LogP contribution in [0.3, 0.4) is 0 Å². The first-order valence-corrected chi connectivity index (χ1v) is 6.37. The number of likely N-dealkylation sites (tertiary alicyclic amines) is 1. The van der Waals surface area contributed by atoms with Crippen molar-refractivity contribution in [3.05, 3.63) is 29.8 Å². The SMILES string of the molecule is CC(=O)OC1CCCN(Cc2ccc(N)cc2)C1. The van der Waals surface area contributed by atoms with Gasteiger partial charge >= 0.3 is 5.97 Å². The van der Waals surface area contributed by atoms with Crippen molar-refractivity contribution >= 4 is 11.7 Å². The minimum absolute atomic E-state index is 0.0463. The van der Waals surface area contributed by atoms with E-state index in [-0.39, 0.29) is 12.1 Å². The second-order valence-electron chi connectivity index (χ2n) is 4.85. The summed E-state index contributed by atoms with van der Waals surface area (Å²) in [4.78, 5) is 13.3. The van der Waals surface area contributed by atoms with Crippen LogP contribution in [0.4, 0.5) is 5.69 Å². The lowest BCUT2D eigenvalue weighted by Gasteiger charge is -2.32. The summed E-state index contributed by atoms with van der Waals surface area (Å²) in [7, 11) is 0. The minimum Gasteiger partial charge on any atom is -0.461 e. The fourth-order valence-corrected chi connectivity index (χ4v) is 2.37. The summed E-state index contributed by atoms with van der Waals surface area (Å²) in [5.41, 5.74) is 7.70. The molecule has 4 nitrogen and oxygen atoms in total. The van der Waals surface area contributed by atoms with Crippen LogP contribution in [0.2, 0.25) is 0 Å². The van der Waals surface area contributed by atoms with Gasteiger partial charge in [-0.1, -0.05) is 12.1 Å². The molecule has 2 rings (SSSR count). The monoisotopic (exact) mass is 248 g/mol. The number of nitrogen functional groups attached to an aromatic ring is 1. The average Bonchev–Trinajstić information content (AvgIpc) is 2.32. The van der Waals surface area contributed by atoms with E-state index >= 15 is 0 Å². The van der Waals surface area contributed by atoms with Gasteiger partial charge in [0.1, 0.15) is 6.10 Å². The van der Waals surface area contributed by atoms with Gasteiger partial charge < -0.3 is 10.5 Å². The van der Waals surface area contributed by atoms with E-state index in [1.807, 2.05) is 24.3 Å². The molecule has 0 radical (unpaired) electrons. The van der Waals surface area contributed by atoms with E-state index in [4.69, 9.17) is 10.5 Å². The van der Waals surface area contributed by atoms with Gasteiger partial charge in [0.25, 0.3) is 0 Å². The predicted molar refractivity (Wildman–Crippen MR) is 70.9 cm³/mol. The van der Waals surface area contributed by atoms with Gasteiger partial charge in [-0.2, -0.15) is 0 Å². The number of hydrogen-bond donors (Lipinski definition) is 1. The van der Waals surface area contributed by atoms with Crippen molar-refractivity contribution in [2.45, 2.75) is 32.4 Å². The van der Waals surface area contributed by atoms with Crippen molar-refractivity contribution in [3.8, 4) is 0 Å². The molecule has 1 aliphatic rings. The number of benzene rings is 1. The Morgan fingerprint density at radius 3 is 2.83 bits per heavy atom. The third-order valence-corrected chi connectivity index (χ3v) is 3.18. The molecule has 2 N–H and O–H groups in total. The Bertz CT molecular complexity index is 403. The molecule has 4 heteroatoms. The maximum absolute atomic E-state index is 11.0. The second kappa shape index (κ2) is 5.87. The van der Waals surface area contributed by atoms with Crippen LogP contribution in [0.5, 0.6) is 0 Å². The van der Waals surface area contributed by atoms with E-state index in [2.05, 4.69) is 4.90 Å². The van der Waals surface area contributed by atoms with Crippen LogP contribution in [-0.2, 0) is 16.1 Å². The van der Waals surface area contributed by atoms with E-state index in [0.29, 0.717) is 0 Å². The molecule has 0 aliphatic carbocycles. The summed E-state index contributed by atoms with van der Waals surface area (Å²) >= 11 is 0. The smallest absolute Gasteiger partial charge is 0.302 e. The normalized spacial score (nSPS) is 20.6. The fourth-order valence-electron chi connectivity index (χ4n) is 2.37. The molecule has 0 bridgehead atoms. The molecule has 98 valence electrons. The lowest BCUT2D eigenvalue weighted by molar-refractivity contribution is -0.148. The summed E-state index contributed by atoms with van der Waals surface area (Å²) in [6, 6.07) is 7.93. The van der Waals surface area contributed by atoms with Gasteiger partial charge in [-0.15, -0.1) is 0 Å². The Kier molecular flexibility index (Phi) is 4.20. The number of rotatable bonds is 3. The van der Waals surface area contributed by atoms with Crippen molar-refractivity contribution in [1.29, 1.82) is 0 Å². The van der Waals surface area contributed by atoms with Gasteiger partial charge in [-0.3, -0.25) is 9.69 Å². The van der Waals surface area contributed by atoms with Crippen LogP contribution in [0, 0.1) is 0 Å². The third-order valence-electron chi connectivity index (χ3n) is 3.18. The summed E-state index contributed by atoms with van der Waals surface area (Å²) in [5.74, 6) is -0.186. The number of carbonyl (C=O) groups excluding carboxylic acids is 1. The van der Waals surface area contributed by atoms with Gasteiger partial charge in [-0.25, -0.2) is 0 Å². The zero-order valence-electron chi connectivity index (χ0n) is 10.8. The average molecular weight is 248 g/mol. The Labute approximate surface area is 108 Å². The van der Waals surface area contributed by atoms with Gasteiger partial charge in [0, 0.05) is 25.7 Å². The largest absolute Gasteiger partial charge is 0.461 e. The lowest BCUT2D eigenvalue weighted by Crippen LogP contribution is -2.39. The number of ether oxygens (including phenoxy) is 1. The Balaban J connectivity index is 1.89. The number of carbonyl (C=O) groups is 1. The molecule has 0 amide bonds. The second-order valence-corrected chi connectivity index (χ2v) is 4.85. The highest BCUT2D eigenvalue weighted by Crippen LogP contribution is 2.16. The van der Waals surface area contributed by atoms with Gasteiger partial charge in [-0.05, 0) is 37.1 Å². The highest BCUT2D eigenvalue weighted by Gasteiger charge is 2.21. The molecule has 1 fully saturated rings. The molecule has 1 saturated heterocycles. The van der Waals surface area contributed by atoms with Gasteiger partial charge in [0.2, 0.25) is 0 Å². The van der Waals surface area contributed by atoms with E-state index < -0.39 is 0 Å². The quantitative estimate of drug-likeness (QED) is 0.654. The molecule has 18 heavy (non-hydrogen) atoms. The van der Waals surface area contributed by atoms with Crippen LogP contribution in [0.15, 0.2) is 24.3 Å². The number of nitrogens with zero attached hydrogens (tertiary/aromatic N) is 1. The maximum atomic E-state index is 11.0. The molecule has 1 heterocycles. The van der Waals surface area contributed by atoms with Gasteiger partial charge in [0.05, 0.1) is 0 Å². The summed E-state index contributed by atoms with van der Waals surface area (Å²) in [6.45, 7) is 4.24. The first-order valence-electron chi connectivity index (χ1n) is 6.37. The van der Waals surface area contributed by atoms with Gasteiger partial charge in [0.15, 0.2) is 0 Å². The van der Waals surface area contributed by atoms with Crippen molar-refractivity contribution in [2.75, 3.05) is 18.8 Å². The van der Waals surface area contributed by atoms with E-state index in [1.54, 1.807) is 0 Å². The maximum Gasteiger partial charge on any atom is 0.302 e. The zero-order valence-corrected chi connectivity index (χ0v) is 10.8. The summed E-state index contributed by atoms with van der Waals surface area (Å²) in [6.07, 6.45) is 2.09. The first-order chi connectivity index (χ1) is 8.63. The van der Waals surface area contributed by atoms with Crippen LogP contribution in [0.25, 0.3) is 0 Å². The van der Waals surface area contributed by atoms with Crippen LogP contribution < -0.4 is 5.73 Å². The van der Waals surface area contributed by atoms with Crippen molar-refractivity contribution < 1.29 is 9.53 Å². The number of nitrogens with two attached hydrogens (primary N) is 1. The number of hydrogen-bond acceptors (Lipinski definition) is 4. The Morgan fingerprint density at radius 1 is 1.44 bits per heavy atom. The minimum atomic E-state index is -0.186. The van der Waals surface area contributed by atoms with Crippen molar-refractivity contribution in [3.63, 3.8) is 0 Å². The molecule has 0 aromatic heterocycles. The Hall–Kier alpha value is -1.55. The highest BCUT2D eigenvalue weighted by molar-refractivity contribution is 5.66. The molecular weight excluding hydrogens is 228 g/mol. The van der Waals surface area contributed by atoms with E-state index in [1.165, 1.54) is 12.5 Å². The predicted octanol–water partition coefficient (Wildman–Crippen LogP) is 1.80. The van der Waals surface area contributed by atoms with Crippen molar-refractivity contribution in [2.24, 2.45) is 0 Å². The molecule has 1 aliphatic heterocycles. The molecule has 0 spiro atoms.